The Labute approximate surface area is 145 Å². The Bertz CT molecular complexity index is 654. The maximum Gasteiger partial charge on any atom is 0.225 e. The molecule has 0 unspecified atom stereocenters. The second kappa shape index (κ2) is 8.37. The van der Waals surface area contributed by atoms with Crippen molar-refractivity contribution in [2.75, 3.05) is 38.0 Å². The fraction of sp³-hybridized carbons (Fsp3) is 0.389. The van der Waals surface area contributed by atoms with Crippen molar-refractivity contribution in [1.29, 1.82) is 0 Å². The van der Waals surface area contributed by atoms with Gasteiger partial charge in [0.05, 0.1) is 5.69 Å². The summed E-state index contributed by atoms with van der Waals surface area (Å²) in [4.78, 5) is 18.1. The Morgan fingerprint density at radius 2 is 1.83 bits per heavy atom. The maximum absolute atomic E-state index is 13.5. The Morgan fingerprint density at radius 1 is 1.08 bits per heavy atom. The lowest BCUT2D eigenvalue weighted by atomic mass is 10.2. The standard InChI is InChI=1S/C18H22FN3OS/c19-16-5-1-2-6-17(16)20-18(23)7-8-21-9-11-22(12-10-21)14-15-4-3-13-24-15/h1-6,13H,7-12,14H2,(H,20,23). The summed E-state index contributed by atoms with van der Waals surface area (Å²) < 4.78 is 13.5. The molecule has 2 aromatic rings. The normalized spacial score (nSPS) is 16.2. The van der Waals surface area contributed by atoms with Crippen molar-refractivity contribution in [1.82, 2.24) is 9.80 Å². The van der Waals surface area contributed by atoms with Crippen LogP contribution in [0.25, 0.3) is 0 Å². The van der Waals surface area contributed by atoms with Crippen molar-refractivity contribution in [3.05, 3.63) is 52.5 Å². The number of nitrogens with one attached hydrogen (secondary N) is 1. The predicted molar refractivity (Wildman–Crippen MR) is 95.7 cm³/mol. The molecule has 0 aliphatic carbocycles. The van der Waals surface area contributed by atoms with Crippen molar-refractivity contribution in [3.63, 3.8) is 0 Å². The molecule has 1 N–H and O–H groups in total. The average molecular weight is 347 g/mol. The van der Waals surface area contributed by atoms with Crippen LogP contribution in [-0.4, -0.2) is 48.4 Å². The predicted octanol–water partition coefficient (Wildman–Crippen LogP) is 3.03. The fourth-order valence-electron chi connectivity index (χ4n) is 2.83. The first-order valence-corrected chi connectivity index (χ1v) is 9.10. The third-order valence-electron chi connectivity index (χ3n) is 4.23. The Kier molecular flexibility index (Phi) is 5.96. The van der Waals surface area contributed by atoms with Crippen LogP contribution in [0.1, 0.15) is 11.3 Å². The lowest BCUT2D eigenvalue weighted by Gasteiger charge is -2.34. The number of rotatable bonds is 6. The number of halogens is 1. The third-order valence-corrected chi connectivity index (χ3v) is 5.09. The molecule has 0 saturated carbocycles. The van der Waals surface area contributed by atoms with E-state index in [-0.39, 0.29) is 11.6 Å². The van der Waals surface area contributed by atoms with E-state index >= 15 is 0 Å². The summed E-state index contributed by atoms with van der Waals surface area (Å²) in [5.74, 6) is -0.533. The van der Waals surface area contributed by atoms with Crippen molar-refractivity contribution >= 4 is 22.9 Å². The van der Waals surface area contributed by atoms with E-state index in [1.807, 2.05) is 0 Å². The van der Waals surface area contributed by atoms with E-state index in [4.69, 9.17) is 0 Å². The summed E-state index contributed by atoms with van der Waals surface area (Å²) in [5, 5.41) is 4.75. The molecule has 0 atom stereocenters. The number of piperazine rings is 1. The highest BCUT2D eigenvalue weighted by Gasteiger charge is 2.18. The highest BCUT2D eigenvalue weighted by molar-refractivity contribution is 7.09. The number of amides is 1. The van der Waals surface area contributed by atoms with Crippen molar-refractivity contribution in [2.45, 2.75) is 13.0 Å². The van der Waals surface area contributed by atoms with Crippen LogP contribution in [-0.2, 0) is 11.3 Å². The molecule has 1 aliphatic heterocycles. The van der Waals surface area contributed by atoms with E-state index in [1.54, 1.807) is 29.5 Å². The van der Waals surface area contributed by atoms with Crippen LogP contribution in [0.3, 0.4) is 0 Å². The van der Waals surface area contributed by atoms with Gasteiger partial charge in [0, 0.05) is 50.6 Å². The molecule has 1 saturated heterocycles. The number of benzene rings is 1. The molecule has 6 heteroatoms. The van der Waals surface area contributed by atoms with Gasteiger partial charge in [0.1, 0.15) is 5.82 Å². The number of hydrogen-bond acceptors (Lipinski definition) is 4. The number of carbonyl (C=O) groups excluding carboxylic acids is 1. The first-order chi connectivity index (χ1) is 11.7. The molecule has 1 amide bonds. The minimum absolute atomic E-state index is 0.138. The van der Waals surface area contributed by atoms with Gasteiger partial charge in [0.25, 0.3) is 0 Å². The van der Waals surface area contributed by atoms with E-state index in [0.717, 1.165) is 32.7 Å². The summed E-state index contributed by atoms with van der Waals surface area (Å²) >= 11 is 1.79. The zero-order valence-corrected chi connectivity index (χ0v) is 14.4. The van der Waals surface area contributed by atoms with Crippen LogP contribution in [0.4, 0.5) is 10.1 Å². The van der Waals surface area contributed by atoms with Gasteiger partial charge in [-0.2, -0.15) is 0 Å². The molecular weight excluding hydrogens is 325 g/mol. The van der Waals surface area contributed by atoms with Crippen LogP contribution >= 0.6 is 11.3 Å². The van der Waals surface area contributed by atoms with Gasteiger partial charge in [-0.05, 0) is 23.6 Å². The van der Waals surface area contributed by atoms with Crippen molar-refractivity contribution in [2.24, 2.45) is 0 Å². The molecule has 0 spiro atoms. The molecule has 4 nitrogen and oxygen atoms in total. The van der Waals surface area contributed by atoms with Gasteiger partial charge < -0.3 is 10.2 Å². The summed E-state index contributed by atoms with van der Waals surface area (Å²) in [6.45, 7) is 5.71. The van der Waals surface area contributed by atoms with E-state index in [9.17, 15) is 9.18 Å². The van der Waals surface area contributed by atoms with Crippen LogP contribution < -0.4 is 5.32 Å². The molecule has 2 heterocycles. The summed E-state index contributed by atoms with van der Waals surface area (Å²) in [6, 6.07) is 10.5. The quantitative estimate of drug-likeness (QED) is 0.872. The summed E-state index contributed by atoms with van der Waals surface area (Å²) in [5.41, 5.74) is 0.253. The first kappa shape index (κ1) is 17.1. The maximum atomic E-state index is 13.5. The monoisotopic (exact) mass is 347 g/mol. The Hall–Kier alpha value is -1.76. The number of nitrogens with zero attached hydrogens (tertiary/aromatic N) is 2. The van der Waals surface area contributed by atoms with E-state index in [1.165, 1.54) is 10.9 Å². The van der Waals surface area contributed by atoms with Crippen molar-refractivity contribution < 1.29 is 9.18 Å². The van der Waals surface area contributed by atoms with Gasteiger partial charge in [0.15, 0.2) is 0 Å². The minimum atomic E-state index is -0.395. The minimum Gasteiger partial charge on any atom is -0.324 e. The fourth-order valence-corrected chi connectivity index (χ4v) is 3.58. The molecule has 1 aromatic carbocycles. The third kappa shape index (κ3) is 4.87. The lowest BCUT2D eigenvalue weighted by molar-refractivity contribution is -0.116. The molecule has 0 radical (unpaired) electrons. The van der Waals surface area contributed by atoms with Gasteiger partial charge in [-0.15, -0.1) is 11.3 Å². The number of carbonyl (C=O) groups is 1. The summed E-state index contributed by atoms with van der Waals surface area (Å²) in [7, 11) is 0. The molecule has 1 fully saturated rings. The number of hydrogen-bond donors (Lipinski definition) is 1. The second-order valence-corrected chi connectivity index (χ2v) is 7.01. The molecule has 128 valence electrons. The van der Waals surface area contributed by atoms with Crippen molar-refractivity contribution in [3.8, 4) is 0 Å². The van der Waals surface area contributed by atoms with Crippen LogP contribution in [0, 0.1) is 5.82 Å². The molecule has 3 rings (SSSR count). The van der Waals surface area contributed by atoms with Crippen LogP contribution in [0.2, 0.25) is 0 Å². The Morgan fingerprint density at radius 3 is 2.54 bits per heavy atom. The smallest absolute Gasteiger partial charge is 0.225 e. The molecule has 0 bridgehead atoms. The summed E-state index contributed by atoms with van der Waals surface area (Å²) in [6.07, 6.45) is 0.388. The Balaban J connectivity index is 1.37. The molecular formula is C18H22FN3OS. The van der Waals surface area contributed by atoms with Gasteiger partial charge in [-0.25, -0.2) is 4.39 Å². The highest BCUT2D eigenvalue weighted by atomic mass is 32.1. The largest absolute Gasteiger partial charge is 0.324 e. The van der Waals surface area contributed by atoms with E-state index in [2.05, 4.69) is 32.6 Å². The van der Waals surface area contributed by atoms with Gasteiger partial charge in [0.2, 0.25) is 5.91 Å². The van der Waals surface area contributed by atoms with Gasteiger partial charge in [-0.1, -0.05) is 18.2 Å². The van der Waals surface area contributed by atoms with Crippen LogP contribution in [0.5, 0.6) is 0 Å². The van der Waals surface area contributed by atoms with Crippen LogP contribution in [0.15, 0.2) is 41.8 Å². The van der Waals surface area contributed by atoms with E-state index < -0.39 is 5.82 Å². The van der Waals surface area contributed by atoms with Gasteiger partial charge in [-0.3, -0.25) is 9.69 Å². The zero-order valence-electron chi connectivity index (χ0n) is 13.6. The number of anilines is 1. The first-order valence-electron chi connectivity index (χ1n) is 8.22. The topological polar surface area (TPSA) is 35.6 Å². The van der Waals surface area contributed by atoms with Gasteiger partial charge >= 0.3 is 0 Å². The lowest BCUT2D eigenvalue weighted by Crippen LogP contribution is -2.46. The average Bonchev–Trinajstić information content (AvgIpc) is 3.09. The van der Waals surface area contributed by atoms with E-state index in [0.29, 0.717) is 13.0 Å². The molecule has 1 aromatic heterocycles. The SMILES string of the molecule is O=C(CCN1CCN(Cc2cccs2)CC1)Nc1ccccc1F. The highest BCUT2D eigenvalue weighted by Crippen LogP contribution is 2.14. The molecule has 24 heavy (non-hydrogen) atoms. The molecule has 1 aliphatic rings. The number of thiophene rings is 1. The number of para-hydroxylation sites is 1. The zero-order chi connectivity index (χ0) is 16.8. The second-order valence-electron chi connectivity index (χ2n) is 5.98.